The van der Waals surface area contributed by atoms with Crippen molar-refractivity contribution in [2.45, 2.75) is 63.8 Å². The minimum Gasteiger partial charge on any atom is -0.468 e. The maximum absolute atomic E-state index is 12.4. The van der Waals surface area contributed by atoms with Gasteiger partial charge in [-0.2, -0.15) is 0 Å². The number of rotatable bonds is 7. The molecule has 122 valence electrons. The van der Waals surface area contributed by atoms with E-state index in [9.17, 15) is 4.79 Å². The van der Waals surface area contributed by atoms with Gasteiger partial charge in [0.2, 0.25) is 0 Å². The van der Waals surface area contributed by atoms with E-state index < -0.39 is 5.54 Å². The standard InChI is InChI=1S/C17H32N2O2/c1-3-11-18-17(16(20)21-2)10-7-8-15(17)9-14-19-12-5-4-6-13-19/h15,18H,3-14H2,1-2H3. The normalized spacial score (nSPS) is 30.5. The van der Waals surface area contributed by atoms with Gasteiger partial charge in [0.15, 0.2) is 0 Å². The molecule has 0 aromatic heterocycles. The zero-order valence-electron chi connectivity index (χ0n) is 13.8. The maximum atomic E-state index is 12.4. The number of carbonyl (C=O) groups is 1. The Morgan fingerprint density at radius 2 is 2.05 bits per heavy atom. The van der Waals surface area contributed by atoms with E-state index in [1.165, 1.54) is 39.5 Å². The Balaban J connectivity index is 1.95. The molecule has 2 unspecified atom stereocenters. The van der Waals surface area contributed by atoms with Crippen LogP contribution in [-0.4, -0.2) is 49.7 Å². The first-order valence-corrected chi connectivity index (χ1v) is 8.78. The third kappa shape index (κ3) is 3.98. The van der Waals surface area contributed by atoms with Crippen LogP contribution in [0.5, 0.6) is 0 Å². The lowest BCUT2D eigenvalue weighted by atomic mass is 9.84. The minimum atomic E-state index is -0.416. The average Bonchev–Trinajstić information content (AvgIpc) is 2.95. The van der Waals surface area contributed by atoms with Crippen LogP contribution in [0.2, 0.25) is 0 Å². The van der Waals surface area contributed by atoms with Crippen LogP contribution < -0.4 is 5.32 Å². The third-order valence-electron chi connectivity index (χ3n) is 5.30. The number of hydrogen-bond donors (Lipinski definition) is 1. The second-order valence-corrected chi connectivity index (χ2v) is 6.67. The molecule has 0 aromatic rings. The highest BCUT2D eigenvalue weighted by atomic mass is 16.5. The molecule has 1 heterocycles. The molecule has 4 nitrogen and oxygen atoms in total. The summed E-state index contributed by atoms with van der Waals surface area (Å²) in [6, 6.07) is 0. The number of carbonyl (C=O) groups excluding carboxylic acids is 1. The molecule has 2 rings (SSSR count). The van der Waals surface area contributed by atoms with E-state index in [1.807, 2.05) is 0 Å². The second kappa shape index (κ2) is 8.14. The highest BCUT2D eigenvalue weighted by Crippen LogP contribution is 2.39. The van der Waals surface area contributed by atoms with Crippen molar-refractivity contribution >= 4 is 5.97 Å². The lowest BCUT2D eigenvalue weighted by Gasteiger charge is -2.35. The number of nitrogens with one attached hydrogen (secondary N) is 1. The number of hydrogen-bond acceptors (Lipinski definition) is 4. The second-order valence-electron chi connectivity index (χ2n) is 6.67. The van der Waals surface area contributed by atoms with Crippen molar-refractivity contribution in [3.8, 4) is 0 Å². The average molecular weight is 296 g/mol. The van der Waals surface area contributed by atoms with Crippen LogP contribution in [0.25, 0.3) is 0 Å². The molecule has 21 heavy (non-hydrogen) atoms. The fraction of sp³-hybridized carbons (Fsp3) is 0.941. The van der Waals surface area contributed by atoms with E-state index in [-0.39, 0.29) is 5.97 Å². The Bertz CT molecular complexity index is 329. The summed E-state index contributed by atoms with van der Waals surface area (Å²) in [5.74, 6) is 0.385. The van der Waals surface area contributed by atoms with Gasteiger partial charge in [-0.1, -0.05) is 19.8 Å². The molecule has 2 atom stereocenters. The van der Waals surface area contributed by atoms with Gasteiger partial charge < -0.3 is 15.0 Å². The van der Waals surface area contributed by atoms with Crippen molar-refractivity contribution in [2.24, 2.45) is 5.92 Å². The Morgan fingerprint density at radius 3 is 2.71 bits per heavy atom. The van der Waals surface area contributed by atoms with Crippen molar-refractivity contribution in [1.29, 1.82) is 0 Å². The topological polar surface area (TPSA) is 41.6 Å². The molecular formula is C17H32N2O2. The third-order valence-corrected chi connectivity index (χ3v) is 5.30. The van der Waals surface area contributed by atoms with Crippen LogP contribution in [0.15, 0.2) is 0 Å². The zero-order valence-corrected chi connectivity index (χ0v) is 13.8. The molecule has 1 saturated heterocycles. The Kier molecular flexibility index (Phi) is 6.49. The quantitative estimate of drug-likeness (QED) is 0.733. The van der Waals surface area contributed by atoms with Gasteiger partial charge in [-0.3, -0.25) is 4.79 Å². The zero-order chi connectivity index (χ0) is 15.1. The van der Waals surface area contributed by atoms with Gasteiger partial charge in [0.05, 0.1) is 7.11 Å². The van der Waals surface area contributed by atoms with Gasteiger partial charge in [0.1, 0.15) is 5.54 Å². The van der Waals surface area contributed by atoms with Crippen LogP contribution in [0, 0.1) is 5.92 Å². The summed E-state index contributed by atoms with van der Waals surface area (Å²) in [7, 11) is 1.53. The molecule has 2 fully saturated rings. The largest absolute Gasteiger partial charge is 0.468 e. The van der Waals surface area contributed by atoms with Gasteiger partial charge in [-0.15, -0.1) is 0 Å². The molecule has 0 bridgehead atoms. The van der Waals surface area contributed by atoms with E-state index in [1.54, 1.807) is 0 Å². The van der Waals surface area contributed by atoms with Crippen LogP contribution in [-0.2, 0) is 9.53 Å². The summed E-state index contributed by atoms with van der Waals surface area (Å²) in [5, 5.41) is 3.54. The summed E-state index contributed by atoms with van der Waals surface area (Å²) in [4.78, 5) is 15.0. The first kappa shape index (κ1) is 16.8. The molecule has 0 amide bonds. The maximum Gasteiger partial charge on any atom is 0.326 e. The first-order valence-electron chi connectivity index (χ1n) is 8.78. The number of likely N-dealkylation sites (tertiary alicyclic amines) is 1. The summed E-state index contributed by atoms with van der Waals surface area (Å²) in [6.07, 6.45) is 9.44. The van der Waals surface area contributed by atoms with E-state index in [2.05, 4.69) is 17.1 Å². The molecule has 0 radical (unpaired) electrons. The van der Waals surface area contributed by atoms with Crippen molar-refractivity contribution in [3.63, 3.8) is 0 Å². The summed E-state index contributed by atoms with van der Waals surface area (Å²) in [5.41, 5.74) is -0.416. The fourth-order valence-corrected chi connectivity index (χ4v) is 4.09. The first-order chi connectivity index (χ1) is 10.2. The van der Waals surface area contributed by atoms with Gasteiger partial charge in [0, 0.05) is 0 Å². The van der Waals surface area contributed by atoms with Gasteiger partial charge in [0.25, 0.3) is 0 Å². The number of methoxy groups -OCH3 is 1. The number of nitrogens with zero attached hydrogens (tertiary/aromatic N) is 1. The summed E-state index contributed by atoms with van der Waals surface area (Å²) < 4.78 is 5.14. The Hall–Kier alpha value is -0.610. The van der Waals surface area contributed by atoms with Gasteiger partial charge in [-0.05, 0) is 70.6 Å². The van der Waals surface area contributed by atoms with Crippen LogP contribution >= 0.6 is 0 Å². The molecule has 0 aromatic carbocycles. The van der Waals surface area contributed by atoms with Crippen LogP contribution in [0.4, 0.5) is 0 Å². The predicted octanol–water partition coefficient (Wildman–Crippen LogP) is 2.57. The molecular weight excluding hydrogens is 264 g/mol. The molecule has 1 saturated carbocycles. The monoisotopic (exact) mass is 296 g/mol. The minimum absolute atomic E-state index is 0.0444. The van der Waals surface area contributed by atoms with Crippen molar-refractivity contribution < 1.29 is 9.53 Å². The van der Waals surface area contributed by atoms with Crippen molar-refractivity contribution in [1.82, 2.24) is 10.2 Å². The van der Waals surface area contributed by atoms with E-state index >= 15 is 0 Å². The van der Waals surface area contributed by atoms with Crippen molar-refractivity contribution in [2.75, 3.05) is 33.3 Å². The number of ether oxygens (including phenoxy) is 1. The number of esters is 1. The molecule has 1 aliphatic carbocycles. The SMILES string of the molecule is CCCNC1(C(=O)OC)CCCC1CCN1CCCCC1. The highest BCUT2D eigenvalue weighted by Gasteiger charge is 2.49. The Morgan fingerprint density at radius 1 is 1.29 bits per heavy atom. The molecule has 1 N–H and O–H groups in total. The molecule has 1 aliphatic heterocycles. The predicted molar refractivity (Wildman–Crippen MR) is 85.3 cm³/mol. The lowest BCUT2D eigenvalue weighted by Crippen LogP contribution is -2.56. The smallest absolute Gasteiger partial charge is 0.326 e. The molecule has 0 spiro atoms. The van der Waals surface area contributed by atoms with Crippen LogP contribution in [0.3, 0.4) is 0 Å². The molecule has 4 heteroatoms. The summed E-state index contributed by atoms with van der Waals surface area (Å²) in [6.45, 7) is 6.66. The fourth-order valence-electron chi connectivity index (χ4n) is 4.09. The number of piperidine rings is 1. The van der Waals surface area contributed by atoms with Crippen molar-refractivity contribution in [3.05, 3.63) is 0 Å². The highest BCUT2D eigenvalue weighted by molar-refractivity contribution is 5.81. The van der Waals surface area contributed by atoms with Gasteiger partial charge >= 0.3 is 5.97 Å². The van der Waals surface area contributed by atoms with Gasteiger partial charge in [-0.25, -0.2) is 0 Å². The van der Waals surface area contributed by atoms with E-state index in [0.717, 1.165) is 45.2 Å². The molecule has 2 aliphatic rings. The van der Waals surface area contributed by atoms with Crippen LogP contribution in [0.1, 0.15) is 58.3 Å². The Labute approximate surface area is 129 Å². The van der Waals surface area contributed by atoms with E-state index in [4.69, 9.17) is 4.74 Å². The lowest BCUT2D eigenvalue weighted by molar-refractivity contribution is -0.150. The summed E-state index contributed by atoms with van der Waals surface area (Å²) >= 11 is 0. The van der Waals surface area contributed by atoms with E-state index in [0.29, 0.717) is 5.92 Å².